The maximum atomic E-state index is 13.5. The van der Waals surface area contributed by atoms with Crippen LogP contribution in [-0.2, 0) is 4.79 Å². The van der Waals surface area contributed by atoms with Crippen molar-refractivity contribution >= 4 is 33.6 Å². The molecular formula is C15H9BrF3NO. The molecule has 108 valence electrons. The minimum absolute atomic E-state index is 0.194. The van der Waals surface area contributed by atoms with Crippen LogP contribution >= 0.6 is 15.9 Å². The van der Waals surface area contributed by atoms with Gasteiger partial charge in [-0.05, 0) is 36.4 Å². The van der Waals surface area contributed by atoms with E-state index in [2.05, 4.69) is 21.2 Å². The van der Waals surface area contributed by atoms with Crippen LogP contribution in [0.1, 0.15) is 5.56 Å². The van der Waals surface area contributed by atoms with E-state index in [1.54, 1.807) is 0 Å². The molecule has 2 rings (SSSR count). The van der Waals surface area contributed by atoms with E-state index in [9.17, 15) is 18.0 Å². The minimum Gasteiger partial charge on any atom is -0.320 e. The SMILES string of the molecule is O=C(/C=C/c1cc(Br)ccc1F)Nc1cc(F)ccc1F. The number of amides is 1. The summed E-state index contributed by atoms with van der Waals surface area (Å²) in [4.78, 5) is 11.6. The van der Waals surface area contributed by atoms with Crippen molar-refractivity contribution in [3.8, 4) is 0 Å². The van der Waals surface area contributed by atoms with Gasteiger partial charge in [0, 0.05) is 22.2 Å². The smallest absolute Gasteiger partial charge is 0.248 e. The monoisotopic (exact) mass is 355 g/mol. The Labute approximate surface area is 127 Å². The first kappa shape index (κ1) is 15.3. The van der Waals surface area contributed by atoms with Crippen molar-refractivity contribution in [2.24, 2.45) is 0 Å². The number of nitrogens with one attached hydrogen (secondary N) is 1. The van der Waals surface area contributed by atoms with E-state index in [1.165, 1.54) is 24.3 Å². The number of hydrogen-bond donors (Lipinski definition) is 1. The van der Waals surface area contributed by atoms with E-state index >= 15 is 0 Å². The van der Waals surface area contributed by atoms with E-state index in [1.807, 2.05) is 0 Å². The Morgan fingerprint density at radius 2 is 1.76 bits per heavy atom. The average molecular weight is 356 g/mol. The van der Waals surface area contributed by atoms with Crippen molar-refractivity contribution in [3.63, 3.8) is 0 Å². The van der Waals surface area contributed by atoms with E-state index in [-0.39, 0.29) is 11.3 Å². The molecule has 2 aromatic carbocycles. The Morgan fingerprint density at radius 1 is 1.05 bits per heavy atom. The van der Waals surface area contributed by atoms with Gasteiger partial charge < -0.3 is 5.32 Å². The molecule has 0 fully saturated rings. The normalized spacial score (nSPS) is 10.9. The fourth-order valence-electron chi connectivity index (χ4n) is 1.58. The third kappa shape index (κ3) is 4.19. The third-order valence-electron chi connectivity index (χ3n) is 2.56. The lowest BCUT2D eigenvalue weighted by Crippen LogP contribution is -2.09. The lowest BCUT2D eigenvalue weighted by atomic mass is 10.2. The number of hydrogen-bond acceptors (Lipinski definition) is 1. The van der Waals surface area contributed by atoms with Crippen molar-refractivity contribution in [2.75, 3.05) is 5.32 Å². The predicted molar refractivity (Wildman–Crippen MR) is 78.1 cm³/mol. The average Bonchev–Trinajstić information content (AvgIpc) is 2.44. The molecule has 0 aliphatic carbocycles. The van der Waals surface area contributed by atoms with Crippen molar-refractivity contribution < 1.29 is 18.0 Å². The van der Waals surface area contributed by atoms with Gasteiger partial charge >= 0.3 is 0 Å². The molecule has 0 bridgehead atoms. The van der Waals surface area contributed by atoms with Gasteiger partial charge in [-0.2, -0.15) is 0 Å². The topological polar surface area (TPSA) is 29.1 Å². The van der Waals surface area contributed by atoms with Gasteiger partial charge in [-0.25, -0.2) is 13.2 Å². The van der Waals surface area contributed by atoms with Gasteiger partial charge in [0.05, 0.1) is 5.69 Å². The molecule has 0 radical (unpaired) electrons. The molecule has 0 heterocycles. The molecule has 0 unspecified atom stereocenters. The third-order valence-corrected chi connectivity index (χ3v) is 3.05. The van der Waals surface area contributed by atoms with Crippen LogP contribution in [0.2, 0.25) is 0 Å². The van der Waals surface area contributed by atoms with Crippen LogP contribution < -0.4 is 5.32 Å². The second-order valence-corrected chi connectivity index (χ2v) is 5.03. The van der Waals surface area contributed by atoms with E-state index in [0.717, 1.165) is 24.3 Å². The molecule has 2 aromatic rings. The van der Waals surface area contributed by atoms with Gasteiger partial charge in [0.25, 0.3) is 0 Å². The molecule has 21 heavy (non-hydrogen) atoms. The molecule has 0 atom stereocenters. The number of carbonyl (C=O) groups is 1. The van der Waals surface area contributed by atoms with Crippen LogP contribution in [0.15, 0.2) is 46.9 Å². The zero-order chi connectivity index (χ0) is 15.4. The molecule has 0 saturated heterocycles. The second kappa shape index (κ2) is 6.58. The summed E-state index contributed by atoms with van der Waals surface area (Å²) < 4.78 is 40.4. The van der Waals surface area contributed by atoms with Crippen LogP contribution in [0.3, 0.4) is 0 Å². The summed E-state index contributed by atoms with van der Waals surface area (Å²) in [5.74, 6) is -2.63. The van der Waals surface area contributed by atoms with Gasteiger partial charge in [0.15, 0.2) is 0 Å². The summed E-state index contributed by atoms with van der Waals surface area (Å²) >= 11 is 3.18. The van der Waals surface area contributed by atoms with Crippen LogP contribution in [-0.4, -0.2) is 5.91 Å². The molecule has 1 N–H and O–H groups in total. The summed E-state index contributed by atoms with van der Waals surface area (Å²) in [5, 5.41) is 2.18. The maximum absolute atomic E-state index is 13.5. The molecule has 0 aliphatic rings. The summed E-state index contributed by atoms with van der Waals surface area (Å²) in [5.41, 5.74) is -0.0846. The number of carbonyl (C=O) groups excluding carboxylic acids is 1. The summed E-state index contributed by atoms with van der Waals surface area (Å²) in [6, 6.07) is 6.96. The molecule has 1 amide bonds. The van der Waals surface area contributed by atoms with Gasteiger partial charge in [0.1, 0.15) is 17.5 Å². The Kier molecular flexibility index (Phi) is 4.80. The molecule has 0 aliphatic heterocycles. The van der Waals surface area contributed by atoms with Crippen LogP contribution in [0, 0.1) is 17.5 Å². The maximum Gasteiger partial charge on any atom is 0.248 e. The zero-order valence-electron chi connectivity index (χ0n) is 10.5. The molecule has 2 nitrogen and oxygen atoms in total. The number of halogens is 4. The molecule has 0 spiro atoms. The minimum atomic E-state index is -0.758. The van der Waals surface area contributed by atoms with Crippen molar-refractivity contribution in [2.45, 2.75) is 0 Å². The fraction of sp³-hybridized carbons (Fsp3) is 0. The second-order valence-electron chi connectivity index (χ2n) is 4.11. The first-order valence-corrected chi connectivity index (χ1v) is 6.64. The standard InChI is InChI=1S/C15H9BrF3NO/c16-10-2-4-12(18)9(7-10)1-6-15(21)20-14-8-11(17)3-5-13(14)19/h1-8H,(H,20,21)/b6-1+. The van der Waals surface area contributed by atoms with E-state index < -0.39 is 23.4 Å². The summed E-state index contributed by atoms with van der Waals surface area (Å²) in [6.45, 7) is 0. The van der Waals surface area contributed by atoms with Crippen LogP contribution in [0.25, 0.3) is 6.08 Å². The Balaban J connectivity index is 2.13. The van der Waals surface area contributed by atoms with Gasteiger partial charge in [-0.1, -0.05) is 15.9 Å². The number of rotatable bonds is 3. The Morgan fingerprint density at radius 3 is 2.52 bits per heavy atom. The lowest BCUT2D eigenvalue weighted by Gasteiger charge is -2.04. The number of benzene rings is 2. The van der Waals surface area contributed by atoms with Gasteiger partial charge in [-0.15, -0.1) is 0 Å². The fourth-order valence-corrected chi connectivity index (χ4v) is 1.95. The Hall–Kier alpha value is -2.08. The van der Waals surface area contributed by atoms with Crippen molar-refractivity contribution in [3.05, 3.63) is 70.0 Å². The van der Waals surface area contributed by atoms with Gasteiger partial charge in [-0.3, -0.25) is 4.79 Å². The van der Waals surface area contributed by atoms with E-state index in [4.69, 9.17) is 0 Å². The highest BCUT2D eigenvalue weighted by Gasteiger charge is 2.06. The van der Waals surface area contributed by atoms with Crippen LogP contribution in [0.4, 0.5) is 18.9 Å². The largest absolute Gasteiger partial charge is 0.320 e. The lowest BCUT2D eigenvalue weighted by molar-refractivity contribution is -0.111. The first-order valence-electron chi connectivity index (χ1n) is 5.85. The zero-order valence-corrected chi connectivity index (χ0v) is 12.1. The quantitative estimate of drug-likeness (QED) is 0.806. The molecule has 0 aromatic heterocycles. The Bertz CT molecular complexity index is 716. The highest BCUT2D eigenvalue weighted by molar-refractivity contribution is 9.10. The molecule has 6 heteroatoms. The highest BCUT2D eigenvalue weighted by Crippen LogP contribution is 2.18. The first-order chi connectivity index (χ1) is 9.95. The van der Waals surface area contributed by atoms with Gasteiger partial charge in [0.2, 0.25) is 5.91 Å². The predicted octanol–water partition coefficient (Wildman–Crippen LogP) is 4.52. The van der Waals surface area contributed by atoms with Crippen LogP contribution in [0.5, 0.6) is 0 Å². The van der Waals surface area contributed by atoms with Crippen molar-refractivity contribution in [1.29, 1.82) is 0 Å². The summed E-state index contributed by atoms with van der Waals surface area (Å²) in [6.07, 6.45) is 2.28. The number of anilines is 1. The highest BCUT2D eigenvalue weighted by atomic mass is 79.9. The molecular weight excluding hydrogens is 347 g/mol. The van der Waals surface area contributed by atoms with E-state index in [0.29, 0.717) is 4.47 Å². The molecule has 0 saturated carbocycles. The van der Waals surface area contributed by atoms with Crippen molar-refractivity contribution in [1.82, 2.24) is 0 Å². The summed E-state index contributed by atoms with van der Waals surface area (Å²) in [7, 11) is 0.